The fourth-order valence-corrected chi connectivity index (χ4v) is 3.55. The Morgan fingerprint density at radius 1 is 1.48 bits per heavy atom. The van der Waals surface area contributed by atoms with Crippen LogP contribution in [0.4, 0.5) is 4.79 Å². The van der Waals surface area contributed by atoms with Crippen molar-refractivity contribution in [2.24, 2.45) is 0 Å². The van der Waals surface area contributed by atoms with Crippen LogP contribution in [0.2, 0.25) is 0 Å². The zero-order valence-corrected chi connectivity index (χ0v) is 14.4. The quantitative estimate of drug-likeness (QED) is 0.308. The standard InChI is InChI=1S/C15H21N3O3S2/c19-14(20)12(10-22)17-23-8-4-7-18-13(9-16-15(18)21)11-5-2-1-3-6-11/h1-3,5-6,12-13,17,22H,4,7-10H2,(H,16,21)(H,19,20)/t12-,13?/m1/s1. The van der Waals surface area contributed by atoms with Crippen molar-refractivity contribution >= 4 is 36.6 Å². The molecule has 3 N–H and O–H groups in total. The maximum absolute atomic E-state index is 12.0. The lowest BCUT2D eigenvalue weighted by Gasteiger charge is -2.23. The summed E-state index contributed by atoms with van der Waals surface area (Å²) in [6.45, 7) is 1.26. The van der Waals surface area contributed by atoms with E-state index in [1.54, 1.807) is 0 Å². The van der Waals surface area contributed by atoms with Crippen LogP contribution < -0.4 is 10.0 Å². The number of nitrogens with one attached hydrogen (secondary N) is 2. The molecule has 0 radical (unpaired) electrons. The molecule has 1 aliphatic rings. The van der Waals surface area contributed by atoms with Crippen LogP contribution in [0.3, 0.4) is 0 Å². The highest BCUT2D eigenvalue weighted by molar-refractivity contribution is 7.97. The molecule has 1 fully saturated rings. The maximum atomic E-state index is 12.0. The Morgan fingerprint density at radius 3 is 2.87 bits per heavy atom. The second kappa shape index (κ2) is 9.05. The Bertz CT molecular complexity index is 530. The second-order valence-electron chi connectivity index (χ2n) is 5.20. The highest BCUT2D eigenvalue weighted by atomic mass is 32.2. The average molecular weight is 355 g/mol. The van der Waals surface area contributed by atoms with Gasteiger partial charge in [-0.15, -0.1) is 0 Å². The second-order valence-corrected chi connectivity index (χ2v) is 6.50. The van der Waals surface area contributed by atoms with Gasteiger partial charge in [0.15, 0.2) is 0 Å². The van der Waals surface area contributed by atoms with Crippen LogP contribution in [0.1, 0.15) is 18.0 Å². The molecule has 1 aromatic carbocycles. The Morgan fingerprint density at radius 2 is 2.22 bits per heavy atom. The molecule has 0 aliphatic carbocycles. The van der Waals surface area contributed by atoms with E-state index >= 15 is 0 Å². The van der Waals surface area contributed by atoms with Crippen LogP contribution >= 0.6 is 24.6 Å². The molecule has 6 nitrogen and oxygen atoms in total. The third-order valence-corrected chi connectivity index (χ3v) is 4.93. The fourth-order valence-electron chi connectivity index (χ4n) is 2.40. The Balaban J connectivity index is 1.77. The average Bonchev–Trinajstić information content (AvgIpc) is 2.92. The zero-order valence-electron chi connectivity index (χ0n) is 12.6. The molecule has 1 unspecified atom stereocenters. The molecular formula is C15H21N3O3S2. The van der Waals surface area contributed by atoms with Crippen LogP contribution in [-0.4, -0.2) is 52.6 Å². The number of urea groups is 1. The lowest BCUT2D eigenvalue weighted by molar-refractivity contribution is -0.138. The summed E-state index contributed by atoms with van der Waals surface area (Å²) >= 11 is 5.36. The number of hydrogen-bond donors (Lipinski definition) is 4. The van der Waals surface area contributed by atoms with Gasteiger partial charge in [0, 0.05) is 24.6 Å². The number of carbonyl (C=O) groups excluding carboxylic acids is 1. The van der Waals surface area contributed by atoms with Gasteiger partial charge in [0.25, 0.3) is 0 Å². The summed E-state index contributed by atoms with van der Waals surface area (Å²) in [7, 11) is 0. The van der Waals surface area contributed by atoms with Crippen LogP contribution in [0, 0.1) is 0 Å². The van der Waals surface area contributed by atoms with Crippen molar-refractivity contribution in [3.8, 4) is 0 Å². The first-order chi connectivity index (χ1) is 11.1. The van der Waals surface area contributed by atoms with Crippen molar-refractivity contribution in [2.75, 3.05) is 24.6 Å². The van der Waals surface area contributed by atoms with Gasteiger partial charge in [0.05, 0.1) is 6.04 Å². The van der Waals surface area contributed by atoms with Crippen molar-refractivity contribution in [1.29, 1.82) is 0 Å². The molecule has 1 aromatic rings. The number of rotatable bonds is 9. The highest BCUT2D eigenvalue weighted by Gasteiger charge is 2.31. The number of aliphatic carboxylic acids is 1. The first-order valence-electron chi connectivity index (χ1n) is 7.44. The van der Waals surface area contributed by atoms with Crippen LogP contribution in [0.25, 0.3) is 0 Å². The number of benzene rings is 1. The zero-order chi connectivity index (χ0) is 16.7. The third-order valence-electron chi connectivity index (χ3n) is 3.62. The molecule has 23 heavy (non-hydrogen) atoms. The molecule has 1 heterocycles. The maximum Gasteiger partial charge on any atom is 0.322 e. The molecule has 0 aromatic heterocycles. The summed E-state index contributed by atoms with van der Waals surface area (Å²) in [5.74, 6) is 0.0612. The summed E-state index contributed by atoms with van der Waals surface area (Å²) in [6.07, 6.45) is 0.785. The minimum atomic E-state index is -0.907. The van der Waals surface area contributed by atoms with E-state index in [4.69, 9.17) is 5.11 Å². The van der Waals surface area contributed by atoms with E-state index in [0.29, 0.717) is 13.1 Å². The van der Waals surface area contributed by atoms with Crippen LogP contribution in [0.15, 0.2) is 30.3 Å². The number of carbonyl (C=O) groups is 2. The van der Waals surface area contributed by atoms with Crippen molar-refractivity contribution in [3.63, 3.8) is 0 Å². The summed E-state index contributed by atoms with van der Waals surface area (Å²) in [5, 5.41) is 11.8. The molecule has 1 saturated heterocycles. The molecule has 2 amide bonds. The van der Waals surface area contributed by atoms with Gasteiger partial charge >= 0.3 is 12.0 Å². The van der Waals surface area contributed by atoms with Gasteiger partial charge in [-0.1, -0.05) is 42.3 Å². The number of carboxylic acids is 1. The first-order valence-corrected chi connectivity index (χ1v) is 9.05. The predicted octanol–water partition coefficient (Wildman–Crippen LogP) is 1.76. The molecule has 2 atom stereocenters. The van der Waals surface area contributed by atoms with Gasteiger partial charge in [-0.2, -0.15) is 12.6 Å². The Labute approximate surface area is 145 Å². The van der Waals surface area contributed by atoms with Crippen molar-refractivity contribution in [2.45, 2.75) is 18.5 Å². The summed E-state index contributed by atoms with van der Waals surface area (Å²) in [5.41, 5.74) is 1.12. The number of amides is 2. The van der Waals surface area contributed by atoms with Gasteiger partial charge in [-0.05, 0) is 12.0 Å². The normalized spacial score (nSPS) is 18.7. The lowest BCUT2D eigenvalue weighted by atomic mass is 10.1. The fraction of sp³-hybridized carbons (Fsp3) is 0.467. The van der Waals surface area contributed by atoms with Crippen LogP contribution in [0.5, 0.6) is 0 Å². The van der Waals surface area contributed by atoms with Crippen LogP contribution in [-0.2, 0) is 4.79 Å². The van der Waals surface area contributed by atoms with E-state index in [2.05, 4.69) is 22.7 Å². The summed E-state index contributed by atoms with van der Waals surface area (Å²) < 4.78 is 2.87. The molecular weight excluding hydrogens is 334 g/mol. The molecule has 0 bridgehead atoms. The molecule has 0 saturated carbocycles. The minimum absolute atomic E-state index is 0.0458. The molecule has 2 rings (SSSR count). The summed E-state index contributed by atoms with van der Waals surface area (Å²) in [4.78, 5) is 24.7. The number of carboxylic acid groups (broad SMARTS) is 1. The van der Waals surface area contributed by atoms with Gasteiger partial charge in [0.1, 0.15) is 6.04 Å². The molecule has 1 aliphatic heterocycles. The number of nitrogens with zero attached hydrogens (tertiary/aromatic N) is 1. The van der Waals surface area contributed by atoms with Gasteiger partial charge < -0.3 is 15.3 Å². The first kappa shape index (κ1) is 18.0. The topological polar surface area (TPSA) is 81.7 Å². The SMILES string of the molecule is O=C(O)[C@@H](CS)NSCCCN1C(=O)NCC1c1ccccc1. The monoisotopic (exact) mass is 355 g/mol. The molecule has 126 valence electrons. The van der Waals surface area contributed by atoms with E-state index in [9.17, 15) is 9.59 Å². The number of hydrogen-bond acceptors (Lipinski definition) is 5. The van der Waals surface area contributed by atoms with Gasteiger partial charge in [-0.3, -0.25) is 4.79 Å². The predicted molar refractivity (Wildman–Crippen MR) is 94.8 cm³/mol. The smallest absolute Gasteiger partial charge is 0.322 e. The van der Waals surface area contributed by atoms with Gasteiger partial charge in [0.2, 0.25) is 0 Å². The third kappa shape index (κ3) is 5.05. The Hall–Kier alpha value is -1.38. The lowest BCUT2D eigenvalue weighted by Crippen LogP contribution is -2.34. The van der Waals surface area contributed by atoms with E-state index in [1.165, 1.54) is 11.9 Å². The Kier molecular flexibility index (Phi) is 7.07. The van der Waals surface area contributed by atoms with Crippen molar-refractivity contribution < 1.29 is 14.7 Å². The highest BCUT2D eigenvalue weighted by Crippen LogP contribution is 2.24. The minimum Gasteiger partial charge on any atom is -0.480 e. The summed E-state index contributed by atoms with van der Waals surface area (Å²) in [6, 6.07) is 9.31. The van der Waals surface area contributed by atoms with Crippen molar-refractivity contribution in [3.05, 3.63) is 35.9 Å². The largest absolute Gasteiger partial charge is 0.480 e. The van der Waals surface area contributed by atoms with E-state index < -0.39 is 12.0 Å². The van der Waals surface area contributed by atoms with Crippen molar-refractivity contribution in [1.82, 2.24) is 14.9 Å². The van der Waals surface area contributed by atoms with E-state index in [-0.39, 0.29) is 17.8 Å². The molecule has 0 spiro atoms. The molecule has 8 heteroatoms. The van der Waals surface area contributed by atoms with E-state index in [1.807, 2.05) is 35.2 Å². The van der Waals surface area contributed by atoms with Gasteiger partial charge in [-0.25, -0.2) is 9.52 Å². The van der Waals surface area contributed by atoms with E-state index in [0.717, 1.165) is 17.7 Å². The number of thiol groups is 1.